The number of carbonyl (C=O) groups excluding carboxylic acids is 1. The average molecular weight is 566 g/mol. The van der Waals surface area contributed by atoms with Gasteiger partial charge in [-0.3, -0.25) is 14.4 Å². The molecule has 0 spiro atoms. The number of amides is 1. The van der Waals surface area contributed by atoms with E-state index >= 15 is 0 Å². The van der Waals surface area contributed by atoms with E-state index in [1.807, 2.05) is 6.07 Å². The summed E-state index contributed by atoms with van der Waals surface area (Å²) in [5, 5.41) is 3.03. The molecule has 0 unspecified atom stereocenters. The van der Waals surface area contributed by atoms with E-state index in [9.17, 15) is 13.2 Å². The predicted octanol–water partition coefficient (Wildman–Crippen LogP) is 3.55. The molecule has 2 aromatic rings. The van der Waals surface area contributed by atoms with Gasteiger partial charge in [-0.2, -0.15) is 0 Å². The monoisotopic (exact) mass is 564 g/mol. The largest absolute Gasteiger partial charge is 0.379 e. The Morgan fingerprint density at radius 2 is 1.74 bits per heavy atom. The van der Waals surface area contributed by atoms with Gasteiger partial charge in [0, 0.05) is 55.1 Å². The van der Waals surface area contributed by atoms with Crippen LogP contribution in [-0.4, -0.2) is 71.7 Å². The van der Waals surface area contributed by atoms with Gasteiger partial charge in [0.2, 0.25) is 0 Å². The van der Waals surface area contributed by atoms with Crippen LogP contribution in [0.1, 0.15) is 30.1 Å². The van der Waals surface area contributed by atoms with Crippen LogP contribution in [0.5, 0.6) is 0 Å². The van der Waals surface area contributed by atoms with E-state index in [1.54, 1.807) is 24.3 Å². The molecule has 2 aliphatic rings. The first-order valence-corrected chi connectivity index (χ1v) is 14.3. The minimum absolute atomic E-state index is 0.159. The number of ether oxygens (including phenoxy) is 1. The third-order valence-corrected chi connectivity index (χ3v) is 8.48. The highest BCUT2D eigenvalue weighted by Gasteiger charge is 2.23. The smallest absolute Gasteiger partial charge is 0.261 e. The van der Waals surface area contributed by atoms with Gasteiger partial charge in [0.05, 0.1) is 23.7 Å². The van der Waals surface area contributed by atoms with Crippen molar-refractivity contribution in [3.8, 4) is 0 Å². The number of rotatable bonds is 8. The molecule has 2 aliphatic heterocycles. The first kappa shape index (κ1) is 25.9. The van der Waals surface area contributed by atoms with Crippen molar-refractivity contribution >= 4 is 43.2 Å². The van der Waals surface area contributed by atoms with Crippen LogP contribution in [0, 0.1) is 5.92 Å². The van der Waals surface area contributed by atoms with Gasteiger partial charge >= 0.3 is 0 Å². The summed E-state index contributed by atoms with van der Waals surface area (Å²) in [7, 11) is -3.78. The van der Waals surface area contributed by atoms with Gasteiger partial charge in [0.25, 0.3) is 15.9 Å². The molecule has 0 atom stereocenters. The van der Waals surface area contributed by atoms with E-state index in [-0.39, 0.29) is 10.8 Å². The minimum atomic E-state index is -3.78. The van der Waals surface area contributed by atoms with Gasteiger partial charge in [0.15, 0.2) is 0 Å². The molecular formula is C25H33BrN4O4S. The summed E-state index contributed by atoms with van der Waals surface area (Å²) in [5.74, 6) is 0.464. The predicted molar refractivity (Wildman–Crippen MR) is 142 cm³/mol. The van der Waals surface area contributed by atoms with Crippen LogP contribution in [0.2, 0.25) is 0 Å². The highest BCUT2D eigenvalue weighted by molar-refractivity contribution is 9.10. The van der Waals surface area contributed by atoms with Crippen LogP contribution in [-0.2, 0) is 14.8 Å². The van der Waals surface area contributed by atoms with E-state index in [1.165, 1.54) is 12.1 Å². The number of anilines is 2. The van der Waals surface area contributed by atoms with Crippen molar-refractivity contribution in [3.05, 3.63) is 52.5 Å². The summed E-state index contributed by atoms with van der Waals surface area (Å²) in [4.78, 5) is 17.9. The fraction of sp³-hybridized carbons (Fsp3) is 0.480. The van der Waals surface area contributed by atoms with E-state index < -0.39 is 10.0 Å². The van der Waals surface area contributed by atoms with Gasteiger partial charge < -0.3 is 15.0 Å². The molecule has 0 saturated carbocycles. The highest BCUT2D eigenvalue weighted by atomic mass is 79.9. The molecule has 4 rings (SSSR count). The molecule has 0 bridgehead atoms. The molecule has 10 heteroatoms. The van der Waals surface area contributed by atoms with E-state index in [0.29, 0.717) is 36.9 Å². The van der Waals surface area contributed by atoms with Crippen molar-refractivity contribution in [1.82, 2.24) is 10.2 Å². The SMILES string of the molecule is CC1CCN(c2ccc(NS(=O)(=O)c3ccc(Br)cc3)cc2C(=O)NCCN2CCOCC2)CC1. The molecular weight excluding hydrogens is 532 g/mol. The van der Waals surface area contributed by atoms with Gasteiger partial charge in [-0.25, -0.2) is 8.42 Å². The molecule has 1 amide bonds. The number of carbonyl (C=O) groups is 1. The molecule has 8 nitrogen and oxygen atoms in total. The lowest BCUT2D eigenvalue weighted by molar-refractivity contribution is 0.0383. The summed E-state index contributed by atoms with van der Waals surface area (Å²) in [5.41, 5.74) is 1.69. The Bertz CT molecular complexity index is 1110. The molecule has 2 aromatic carbocycles. The maximum absolute atomic E-state index is 13.3. The van der Waals surface area contributed by atoms with Crippen molar-refractivity contribution in [2.75, 3.05) is 62.1 Å². The zero-order valence-electron chi connectivity index (χ0n) is 20.0. The van der Waals surface area contributed by atoms with Crippen molar-refractivity contribution in [1.29, 1.82) is 0 Å². The molecule has 2 saturated heterocycles. The standard InChI is InChI=1S/C25H33BrN4O4S/c1-19-8-11-30(12-9-19)24-7-4-21(28-35(32,33)22-5-2-20(26)3-6-22)18-23(24)25(31)27-10-13-29-14-16-34-17-15-29/h2-7,18-19,28H,8-17H2,1H3,(H,27,31). The first-order valence-electron chi connectivity index (χ1n) is 12.1. The molecule has 0 radical (unpaired) electrons. The Morgan fingerprint density at radius 1 is 1.06 bits per heavy atom. The number of nitrogens with zero attached hydrogens (tertiary/aromatic N) is 2. The van der Waals surface area contributed by atoms with Gasteiger partial charge in [0.1, 0.15) is 0 Å². The average Bonchev–Trinajstić information content (AvgIpc) is 2.85. The number of nitrogens with one attached hydrogen (secondary N) is 2. The van der Waals surface area contributed by atoms with Crippen molar-refractivity contribution in [3.63, 3.8) is 0 Å². The van der Waals surface area contributed by atoms with Crippen LogP contribution < -0.4 is 14.9 Å². The number of piperidine rings is 1. The Balaban J connectivity index is 1.53. The zero-order valence-corrected chi connectivity index (χ0v) is 22.4. The molecule has 2 N–H and O–H groups in total. The van der Waals surface area contributed by atoms with Crippen molar-refractivity contribution in [2.45, 2.75) is 24.7 Å². The lowest BCUT2D eigenvalue weighted by Gasteiger charge is -2.33. The van der Waals surface area contributed by atoms with Crippen LogP contribution in [0.3, 0.4) is 0 Å². The second-order valence-corrected chi connectivity index (χ2v) is 11.8. The van der Waals surface area contributed by atoms with Crippen molar-refractivity contribution in [2.24, 2.45) is 5.92 Å². The number of sulfonamides is 1. The van der Waals surface area contributed by atoms with Crippen molar-refractivity contribution < 1.29 is 17.9 Å². The number of halogens is 1. The lowest BCUT2D eigenvalue weighted by Crippen LogP contribution is -2.41. The third-order valence-electron chi connectivity index (χ3n) is 6.56. The quantitative estimate of drug-likeness (QED) is 0.509. The zero-order chi connectivity index (χ0) is 24.8. The topological polar surface area (TPSA) is 91.0 Å². The molecule has 35 heavy (non-hydrogen) atoms. The van der Waals surface area contributed by atoms with Crippen LogP contribution in [0.15, 0.2) is 51.8 Å². The van der Waals surface area contributed by atoms with Crippen LogP contribution in [0.4, 0.5) is 11.4 Å². The summed E-state index contributed by atoms with van der Waals surface area (Å²) in [6.07, 6.45) is 2.13. The Hall–Kier alpha value is -2.14. The second-order valence-electron chi connectivity index (χ2n) is 9.17. The van der Waals surface area contributed by atoms with Gasteiger partial charge in [-0.05, 0) is 61.2 Å². The van der Waals surface area contributed by atoms with Crippen LogP contribution >= 0.6 is 15.9 Å². The van der Waals surface area contributed by atoms with E-state index in [4.69, 9.17) is 4.74 Å². The maximum Gasteiger partial charge on any atom is 0.261 e. The molecule has 2 fully saturated rings. The van der Waals surface area contributed by atoms with E-state index in [2.05, 4.69) is 42.7 Å². The fourth-order valence-electron chi connectivity index (χ4n) is 4.38. The lowest BCUT2D eigenvalue weighted by atomic mass is 9.98. The summed E-state index contributed by atoms with van der Waals surface area (Å²) in [6, 6.07) is 11.7. The summed E-state index contributed by atoms with van der Waals surface area (Å²) in [6.45, 7) is 8.42. The fourth-order valence-corrected chi connectivity index (χ4v) is 5.70. The molecule has 0 aromatic heterocycles. The first-order chi connectivity index (χ1) is 16.8. The number of morpholine rings is 1. The molecule has 0 aliphatic carbocycles. The van der Waals surface area contributed by atoms with E-state index in [0.717, 1.165) is 55.7 Å². The van der Waals surface area contributed by atoms with Gasteiger partial charge in [-0.15, -0.1) is 0 Å². The normalized spacial score (nSPS) is 17.8. The Kier molecular flexibility index (Phi) is 8.69. The third kappa shape index (κ3) is 6.97. The van der Waals surface area contributed by atoms with Crippen LogP contribution in [0.25, 0.3) is 0 Å². The van der Waals surface area contributed by atoms with Gasteiger partial charge in [-0.1, -0.05) is 22.9 Å². The number of hydrogen-bond donors (Lipinski definition) is 2. The number of benzene rings is 2. The Morgan fingerprint density at radius 3 is 2.43 bits per heavy atom. The molecule has 190 valence electrons. The second kappa shape index (κ2) is 11.7. The summed E-state index contributed by atoms with van der Waals surface area (Å²) >= 11 is 3.33. The number of hydrogen-bond acceptors (Lipinski definition) is 6. The molecule has 2 heterocycles. The maximum atomic E-state index is 13.3. The highest BCUT2D eigenvalue weighted by Crippen LogP contribution is 2.29. The minimum Gasteiger partial charge on any atom is -0.379 e. The Labute approximate surface area is 216 Å². The summed E-state index contributed by atoms with van der Waals surface area (Å²) < 4.78 is 34.6.